The number of benzene rings is 1. The summed E-state index contributed by atoms with van der Waals surface area (Å²) in [7, 11) is 0. The van der Waals surface area contributed by atoms with Crippen LogP contribution in [-0.2, 0) is 0 Å². The lowest BCUT2D eigenvalue weighted by Crippen LogP contribution is -2.11. The second kappa shape index (κ2) is 6.43. The van der Waals surface area contributed by atoms with Gasteiger partial charge in [0.2, 0.25) is 0 Å². The van der Waals surface area contributed by atoms with Gasteiger partial charge in [0.1, 0.15) is 0 Å². The molecule has 0 aliphatic carbocycles. The zero-order valence-corrected chi connectivity index (χ0v) is 13.6. The van der Waals surface area contributed by atoms with E-state index in [0.29, 0.717) is 10.7 Å². The Morgan fingerprint density at radius 2 is 2.14 bits per heavy atom. The van der Waals surface area contributed by atoms with E-state index in [9.17, 15) is 4.79 Å². The predicted molar refractivity (Wildman–Crippen MR) is 91.6 cm³/mol. The fraction of sp³-hybridized carbons (Fsp3) is 0.0667. The van der Waals surface area contributed by atoms with Crippen LogP contribution in [0.5, 0.6) is 0 Å². The quantitative estimate of drug-likeness (QED) is 0.695. The van der Waals surface area contributed by atoms with Crippen LogP contribution >= 0.6 is 34.4 Å². The standard InChI is InChI=1S/C15H12N2OS3/c1-19-11-5-2-4-10(8-11)14(18)17-15-16-12(9-21-15)13-6-3-7-20-13/h2-9H,1H3,(H,16,17,18). The molecule has 1 amide bonds. The first-order valence-electron chi connectivity index (χ1n) is 6.21. The van der Waals surface area contributed by atoms with Gasteiger partial charge in [-0.05, 0) is 35.9 Å². The van der Waals surface area contributed by atoms with Crippen molar-refractivity contribution in [3.8, 4) is 10.6 Å². The molecule has 0 fully saturated rings. The number of nitrogens with zero attached hydrogens (tertiary/aromatic N) is 1. The molecule has 0 aliphatic rings. The smallest absolute Gasteiger partial charge is 0.257 e. The lowest BCUT2D eigenvalue weighted by Gasteiger charge is -2.03. The minimum Gasteiger partial charge on any atom is -0.298 e. The molecule has 1 N–H and O–H groups in total. The molecule has 3 rings (SSSR count). The molecular formula is C15H12N2OS3. The van der Waals surface area contributed by atoms with Crippen LogP contribution in [0.2, 0.25) is 0 Å². The van der Waals surface area contributed by atoms with E-state index in [4.69, 9.17) is 0 Å². The minimum atomic E-state index is -0.127. The zero-order chi connectivity index (χ0) is 14.7. The van der Waals surface area contributed by atoms with Gasteiger partial charge in [-0.15, -0.1) is 34.4 Å². The van der Waals surface area contributed by atoms with Crippen LogP contribution in [0, 0.1) is 0 Å². The molecule has 6 heteroatoms. The zero-order valence-electron chi connectivity index (χ0n) is 11.2. The Kier molecular flexibility index (Phi) is 4.38. The lowest BCUT2D eigenvalue weighted by molar-refractivity contribution is 0.102. The highest BCUT2D eigenvalue weighted by Gasteiger charge is 2.10. The van der Waals surface area contributed by atoms with Crippen molar-refractivity contribution < 1.29 is 4.79 Å². The van der Waals surface area contributed by atoms with Gasteiger partial charge in [0.25, 0.3) is 5.91 Å². The van der Waals surface area contributed by atoms with Crippen molar-refractivity contribution in [2.24, 2.45) is 0 Å². The number of rotatable bonds is 4. The van der Waals surface area contributed by atoms with E-state index < -0.39 is 0 Å². The third-order valence-electron chi connectivity index (χ3n) is 2.83. The average Bonchev–Trinajstić information content (AvgIpc) is 3.18. The third kappa shape index (κ3) is 3.34. The maximum Gasteiger partial charge on any atom is 0.257 e. The number of thiophene rings is 1. The number of anilines is 1. The van der Waals surface area contributed by atoms with Crippen LogP contribution in [0.15, 0.2) is 52.1 Å². The Morgan fingerprint density at radius 1 is 1.24 bits per heavy atom. The van der Waals surface area contributed by atoms with Crippen LogP contribution in [0.4, 0.5) is 5.13 Å². The van der Waals surface area contributed by atoms with Crippen LogP contribution in [0.1, 0.15) is 10.4 Å². The molecular weight excluding hydrogens is 320 g/mol. The number of nitrogens with one attached hydrogen (secondary N) is 1. The molecule has 0 saturated carbocycles. The van der Waals surface area contributed by atoms with Crippen molar-refractivity contribution in [1.29, 1.82) is 0 Å². The number of hydrogen-bond donors (Lipinski definition) is 1. The molecule has 2 aromatic heterocycles. The number of thioether (sulfide) groups is 1. The van der Waals surface area contributed by atoms with Gasteiger partial charge in [0.05, 0.1) is 10.6 Å². The molecule has 0 spiro atoms. The van der Waals surface area contributed by atoms with Crippen molar-refractivity contribution in [2.75, 3.05) is 11.6 Å². The van der Waals surface area contributed by atoms with Crippen LogP contribution in [-0.4, -0.2) is 17.1 Å². The maximum absolute atomic E-state index is 12.2. The van der Waals surface area contributed by atoms with Gasteiger partial charge in [-0.25, -0.2) is 4.98 Å². The molecule has 0 saturated heterocycles. The summed E-state index contributed by atoms with van der Waals surface area (Å²) in [5.41, 5.74) is 1.55. The fourth-order valence-corrected chi connectivity index (χ4v) is 3.73. The molecule has 3 aromatic rings. The molecule has 21 heavy (non-hydrogen) atoms. The summed E-state index contributed by atoms with van der Waals surface area (Å²) in [5, 5.41) is 7.45. The molecule has 0 bridgehead atoms. The van der Waals surface area contributed by atoms with E-state index in [1.807, 2.05) is 53.4 Å². The number of aromatic nitrogens is 1. The fourth-order valence-electron chi connectivity index (χ4n) is 1.80. The average molecular weight is 332 g/mol. The Morgan fingerprint density at radius 3 is 2.90 bits per heavy atom. The highest BCUT2D eigenvalue weighted by Crippen LogP contribution is 2.28. The van der Waals surface area contributed by atoms with Crippen LogP contribution < -0.4 is 5.32 Å². The Balaban J connectivity index is 1.75. The largest absolute Gasteiger partial charge is 0.298 e. The van der Waals surface area contributed by atoms with Gasteiger partial charge in [-0.1, -0.05) is 12.1 Å². The van der Waals surface area contributed by atoms with Crippen molar-refractivity contribution in [3.05, 3.63) is 52.7 Å². The second-order valence-electron chi connectivity index (χ2n) is 4.20. The van der Waals surface area contributed by atoms with Crippen molar-refractivity contribution >= 4 is 45.5 Å². The molecule has 2 heterocycles. The van der Waals surface area contributed by atoms with Crippen molar-refractivity contribution in [1.82, 2.24) is 4.98 Å². The van der Waals surface area contributed by atoms with Gasteiger partial charge in [-0.2, -0.15) is 0 Å². The summed E-state index contributed by atoms with van der Waals surface area (Å²) in [6, 6.07) is 11.6. The second-order valence-corrected chi connectivity index (χ2v) is 6.89. The molecule has 0 unspecified atom stereocenters. The highest BCUT2D eigenvalue weighted by atomic mass is 32.2. The molecule has 0 aliphatic heterocycles. The predicted octanol–water partition coefficient (Wildman–Crippen LogP) is 4.85. The number of thiazole rings is 1. The van der Waals surface area contributed by atoms with Crippen molar-refractivity contribution in [3.63, 3.8) is 0 Å². The molecule has 3 nitrogen and oxygen atoms in total. The van der Waals surface area contributed by atoms with E-state index in [-0.39, 0.29) is 5.91 Å². The van der Waals surface area contributed by atoms with E-state index >= 15 is 0 Å². The van der Waals surface area contributed by atoms with Gasteiger partial charge >= 0.3 is 0 Å². The SMILES string of the molecule is CSc1cccc(C(=O)Nc2nc(-c3cccs3)cs2)c1. The van der Waals surface area contributed by atoms with Crippen molar-refractivity contribution in [2.45, 2.75) is 4.90 Å². The monoisotopic (exact) mass is 332 g/mol. The summed E-state index contributed by atoms with van der Waals surface area (Å²) >= 11 is 4.69. The normalized spacial score (nSPS) is 10.5. The van der Waals surface area contributed by atoms with E-state index in [0.717, 1.165) is 15.5 Å². The Hall–Kier alpha value is -1.63. The summed E-state index contributed by atoms with van der Waals surface area (Å²) in [6.07, 6.45) is 1.99. The van der Waals surface area contributed by atoms with E-state index in [1.54, 1.807) is 23.1 Å². The summed E-state index contributed by atoms with van der Waals surface area (Å²) < 4.78 is 0. The first-order valence-corrected chi connectivity index (χ1v) is 9.19. The van der Waals surface area contributed by atoms with Crippen LogP contribution in [0.25, 0.3) is 10.6 Å². The van der Waals surface area contributed by atoms with Crippen LogP contribution in [0.3, 0.4) is 0 Å². The molecule has 0 atom stereocenters. The number of carbonyl (C=O) groups excluding carboxylic acids is 1. The molecule has 106 valence electrons. The number of hydrogen-bond acceptors (Lipinski definition) is 5. The van der Waals surface area contributed by atoms with E-state index in [2.05, 4.69) is 10.3 Å². The third-order valence-corrected chi connectivity index (χ3v) is 5.21. The number of carbonyl (C=O) groups is 1. The highest BCUT2D eigenvalue weighted by molar-refractivity contribution is 7.98. The first kappa shape index (κ1) is 14.3. The maximum atomic E-state index is 12.2. The Bertz CT molecular complexity index is 750. The first-order chi connectivity index (χ1) is 10.3. The number of amides is 1. The summed E-state index contributed by atoms with van der Waals surface area (Å²) in [6.45, 7) is 0. The summed E-state index contributed by atoms with van der Waals surface area (Å²) in [5.74, 6) is -0.127. The van der Waals surface area contributed by atoms with Gasteiger partial charge in [0, 0.05) is 15.8 Å². The van der Waals surface area contributed by atoms with Gasteiger partial charge < -0.3 is 0 Å². The summed E-state index contributed by atoms with van der Waals surface area (Å²) in [4.78, 5) is 18.9. The van der Waals surface area contributed by atoms with Gasteiger partial charge in [-0.3, -0.25) is 10.1 Å². The lowest BCUT2D eigenvalue weighted by atomic mass is 10.2. The topological polar surface area (TPSA) is 42.0 Å². The Labute approximate surface area is 135 Å². The molecule has 0 radical (unpaired) electrons. The molecule has 1 aromatic carbocycles. The van der Waals surface area contributed by atoms with Gasteiger partial charge in [0.15, 0.2) is 5.13 Å². The minimum absolute atomic E-state index is 0.127. The van der Waals surface area contributed by atoms with E-state index in [1.165, 1.54) is 11.3 Å².